The summed E-state index contributed by atoms with van der Waals surface area (Å²) in [7, 11) is 0. The minimum atomic E-state index is -0.692. The van der Waals surface area contributed by atoms with Crippen molar-refractivity contribution in [1.29, 1.82) is 0 Å². The molecule has 0 aromatic carbocycles. The van der Waals surface area contributed by atoms with Gasteiger partial charge in [0.15, 0.2) is 0 Å². The lowest BCUT2D eigenvalue weighted by Crippen LogP contribution is -2.50. The molecule has 0 saturated carbocycles. The first-order valence-electron chi connectivity index (χ1n) is 7.95. The van der Waals surface area contributed by atoms with E-state index >= 15 is 0 Å². The molecule has 1 amide bonds. The van der Waals surface area contributed by atoms with E-state index in [1.807, 2.05) is 41.5 Å². The summed E-state index contributed by atoms with van der Waals surface area (Å²) in [6.07, 6.45) is 1.57. The molecule has 2 N–H and O–H groups in total. The summed E-state index contributed by atoms with van der Waals surface area (Å²) >= 11 is 0. The third kappa shape index (κ3) is 6.22. The number of carbonyl (C=O) groups is 1. The molecular weight excluding hydrogens is 268 g/mol. The average molecular weight is 300 g/mol. The number of rotatable bonds is 4. The molecule has 1 aliphatic rings. The van der Waals surface area contributed by atoms with E-state index in [2.05, 4.69) is 5.32 Å². The first kappa shape index (κ1) is 18.2. The molecular formula is C16H32N2O3. The van der Waals surface area contributed by atoms with Crippen molar-refractivity contribution in [2.45, 2.75) is 71.6 Å². The molecule has 124 valence electrons. The van der Waals surface area contributed by atoms with Gasteiger partial charge in [0.1, 0.15) is 5.60 Å². The largest absolute Gasteiger partial charge is 0.444 e. The summed E-state index contributed by atoms with van der Waals surface area (Å²) in [4.78, 5) is 13.7. The molecule has 1 heterocycles. The SMILES string of the molecule is CC(C)C(C)(O)CNC1CCN(C(=O)OC(C)(C)C)CC1. The fourth-order valence-electron chi connectivity index (χ4n) is 2.15. The van der Waals surface area contributed by atoms with Gasteiger partial charge in [-0.05, 0) is 46.5 Å². The van der Waals surface area contributed by atoms with Gasteiger partial charge in [-0.1, -0.05) is 13.8 Å². The maximum atomic E-state index is 12.0. The van der Waals surface area contributed by atoms with Crippen LogP contribution in [0.4, 0.5) is 4.79 Å². The van der Waals surface area contributed by atoms with Crippen LogP contribution in [0.1, 0.15) is 54.4 Å². The first-order chi connectivity index (χ1) is 9.51. The predicted octanol–water partition coefficient (Wildman–Crippen LogP) is 2.38. The van der Waals surface area contributed by atoms with Crippen LogP contribution >= 0.6 is 0 Å². The van der Waals surface area contributed by atoms with E-state index in [0.717, 1.165) is 12.8 Å². The van der Waals surface area contributed by atoms with E-state index in [1.165, 1.54) is 0 Å². The zero-order valence-electron chi connectivity index (χ0n) is 14.4. The van der Waals surface area contributed by atoms with Crippen molar-refractivity contribution in [1.82, 2.24) is 10.2 Å². The molecule has 0 aromatic rings. The number of piperidine rings is 1. The summed E-state index contributed by atoms with van der Waals surface area (Å²) in [5.74, 6) is 0.215. The molecule has 1 unspecified atom stereocenters. The number of ether oxygens (including phenoxy) is 1. The molecule has 5 heteroatoms. The van der Waals surface area contributed by atoms with Crippen LogP contribution in [0.15, 0.2) is 0 Å². The van der Waals surface area contributed by atoms with E-state index < -0.39 is 11.2 Å². The minimum Gasteiger partial charge on any atom is -0.444 e. The second kappa shape index (κ2) is 6.97. The van der Waals surface area contributed by atoms with Gasteiger partial charge in [0.25, 0.3) is 0 Å². The molecule has 1 fully saturated rings. The van der Waals surface area contributed by atoms with Gasteiger partial charge in [-0.25, -0.2) is 4.79 Å². The Balaban J connectivity index is 2.34. The molecule has 0 spiro atoms. The van der Waals surface area contributed by atoms with Crippen LogP contribution in [0.3, 0.4) is 0 Å². The van der Waals surface area contributed by atoms with E-state index in [-0.39, 0.29) is 12.0 Å². The third-order valence-electron chi connectivity index (χ3n) is 4.14. The average Bonchev–Trinajstić information content (AvgIpc) is 2.35. The Hall–Kier alpha value is -0.810. The normalized spacial score (nSPS) is 20.5. The van der Waals surface area contributed by atoms with Gasteiger partial charge in [-0.2, -0.15) is 0 Å². The van der Waals surface area contributed by atoms with E-state index in [1.54, 1.807) is 4.90 Å². The maximum Gasteiger partial charge on any atom is 0.410 e. The number of nitrogens with one attached hydrogen (secondary N) is 1. The van der Waals surface area contributed by atoms with Gasteiger partial charge < -0.3 is 20.1 Å². The summed E-state index contributed by atoms with van der Waals surface area (Å²) < 4.78 is 5.38. The first-order valence-corrected chi connectivity index (χ1v) is 7.95. The van der Waals surface area contributed by atoms with Crippen LogP contribution in [-0.2, 0) is 4.74 Å². The Morgan fingerprint density at radius 2 is 1.81 bits per heavy atom. The molecule has 0 aliphatic carbocycles. The quantitative estimate of drug-likeness (QED) is 0.837. The molecule has 0 aromatic heterocycles. The maximum absolute atomic E-state index is 12.0. The standard InChI is InChI=1S/C16H32N2O3/c1-12(2)16(6,20)11-17-13-7-9-18(10-8-13)14(19)21-15(3,4)5/h12-13,17,20H,7-11H2,1-6H3. The fraction of sp³-hybridized carbons (Fsp3) is 0.938. The smallest absolute Gasteiger partial charge is 0.410 e. The Kier molecular flexibility index (Phi) is 6.05. The summed E-state index contributed by atoms with van der Waals surface area (Å²) in [6, 6.07) is 0.355. The van der Waals surface area contributed by atoms with Crippen molar-refractivity contribution < 1.29 is 14.6 Å². The second-order valence-corrected chi connectivity index (χ2v) is 7.63. The van der Waals surface area contributed by atoms with E-state index in [4.69, 9.17) is 4.74 Å². The Bertz CT molecular complexity index is 340. The van der Waals surface area contributed by atoms with Crippen LogP contribution in [0.25, 0.3) is 0 Å². The number of carbonyl (C=O) groups excluding carboxylic acids is 1. The topological polar surface area (TPSA) is 61.8 Å². The Morgan fingerprint density at radius 3 is 2.24 bits per heavy atom. The Morgan fingerprint density at radius 1 is 1.29 bits per heavy atom. The van der Waals surface area contributed by atoms with Crippen LogP contribution in [0, 0.1) is 5.92 Å². The van der Waals surface area contributed by atoms with Crippen molar-refractivity contribution in [3.05, 3.63) is 0 Å². The van der Waals surface area contributed by atoms with Crippen LogP contribution in [0.5, 0.6) is 0 Å². The van der Waals surface area contributed by atoms with Gasteiger partial charge in [-0.3, -0.25) is 0 Å². The lowest BCUT2D eigenvalue weighted by atomic mass is 9.92. The van der Waals surface area contributed by atoms with Gasteiger partial charge in [0.2, 0.25) is 0 Å². The van der Waals surface area contributed by atoms with E-state index in [9.17, 15) is 9.90 Å². The fourth-order valence-corrected chi connectivity index (χ4v) is 2.15. The highest BCUT2D eigenvalue weighted by Crippen LogP contribution is 2.18. The zero-order valence-corrected chi connectivity index (χ0v) is 14.4. The zero-order chi connectivity index (χ0) is 16.3. The van der Waals surface area contributed by atoms with Crippen molar-refractivity contribution in [2.24, 2.45) is 5.92 Å². The molecule has 0 bridgehead atoms. The van der Waals surface area contributed by atoms with Crippen molar-refractivity contribution in [2.75, 3.05) is 19.6 Å². The number of aliphatic hydroxyl groups is 1. The lowest BCUT2D eigenvalue weighted by Gasteiger charge is -2.36. The van der Waals surface area contributed by atoms with Crippen LogP contribution in [0.2, 0.25) is 0 Å². The van der Waals surface area contributed by atoms with Gasteiger partial charge in [0.05, 0.1) is 5.60 Å². The summed E-state index contributed by atoms with van der Waals surface area (Å²) in [5.41, 5.74) is -1.13. The number of hydrogen-bond acceptors (Lipinski definition) is 4. The summed E-state index contributed by atoms with van der Waals surface area (Å²) in [6.45, 7) is 13.5. The third-order valence-corrected chi connectivity index (χ3v) is 4.14. The van der Waals surface area contributed by atoms with Gasteiger partial charge in [-0.15, -0.1) is 0 Å². The Labute approximate surface area is 129 Å². The predicted molar refractivity (Wildman–Crippen MR) is 84.3 cm³/mol. The molecule has 21 heavy (non-hydrogen) atoms. The van der Waals surface area contributed by atoms with Crippen molar-refractivity contribution in [3.63, 3.8) is 0 Å². The number of hydrogen-bond donors (Lipinski definition) is 2. The van der Waals surface area contributed by atoms with E-state index in [0.29, 0.717) is 25.7 Å². The molecule has 1 aliphatic heterocycles. The lowest BCUT2D eigenvalue weighted by molar-refractivity contribution is 0.00545. The number of nitrogens with zero attached hydrogens (tertiary/aromatic N) is 1. The molecule has 0 radical (unpaired) electrons. The van der Waals surface area contributed by atoms with Crippen molar-refractivity contribution in [3.8, 4) is 0 Å². The highest BCUT2D eigenvalue weighted by Gasteiger charge is 2.29. The molecule has 1 saturated heterocycles. The monoisotopic (exact) mass is 300 g/mol. The molecule has 5 nitrogen and oxygen atoms in total. The highest BCUT2D eigenvalue weighted by atomic mass is 16.6. The molecule has 1 atom stereocenters. The second-order valence-electron chi connectivity index (χ2n) is 7.63. The van der Waals surface area contributed by atoms with Crippen LogP contribution in [-0.4, -0.2) is 53.0 Å². The van der Waals surface area contributed by atoms with Crippen LogP contribution < -0.4 is 5.32 Å². The molecule has 1 rings (SSSR count). The number of amides is 1. The number of likely N-dealkylation sites (tertiary alicyclic amines) is 1. The highest BCUT2D eigenvalue weighted by molar-refractivity contribution is 5.68. The van der Waals surface area contributed by atoms with Gasteiger partial charge >= 0.3 is 6.09 Å². The minimum absolute atomic E-state index is 0.215. The summed E-state index contributed by atoms with van der Waals surface area (Å²) in [5, 5.41) is 13.7. The van der Waals surface area contributed by atoms with Crippen molar-refractivity contribution >= 4 is 6.09 Å². The van der Waals surface area contributed by atoms with Gasteiger partial charge in [0, 0.05) is 25.7 Å².